The first-order valence-corrected chi connectivity index (χ1v) is 9.32. The zero-order valence-electron chi connectivity index (χ0n) is 14.9. The van der Waals surface area contributed by atoms with Crippen LogP contribution < -0.4 is 5.32 Å². The van der Waals surface area contributed by atoms with Gasteiger partial charge in [0.25, 0.3) is 11.6 Å². The van der Waals surface area contributed by atoms with Gasteiger partial charge in [-0.15, -0.1) is 11.3 Å². The highest BCUT2D eigenvalue weighted by Crippen LogP contribution is 2.26. The summed E-state index contributed by atoms with van der Waals surface area (Å²) in [7, 11) is 0. The molecule has 0 spiro atoms. The summed E-state index contributed by atoms with van der Waals surface area (Å²) >= 11 is 1.42. The fourth-order valence-corrected chi connectivity index (χ4v) is 3.40. The second kappa shape index (κ2) is 9.07. The van der Waals surface area contributed by atoms with Crippen LogP contribution in [0, 0.1) is 15.9 Å². The molecule has 0 radical (unpaired) electrons. The van der Waals surface area contributed by atoms with Crippen LogP contribution in [0.3, 0.4) is 0 Å². The van der Waals surface area contributed by atoms with Crippen LogP contribution in [0.2, 0.25) is 0 Å². The number of nitrogens with zero attached hydrogens (tertiary/aromatic N) is 1. The van der Waals surface area contributed by atoms with E-state index in [0.717, 1.165) is 10.9 Å². The Bertz CT molecular complexity index is 1020. The van der Waals surface area contributed by atoms with E-state index in [0.29, 0.717) is 5.56 Å². The van der Waals surface area contributed by atoms with E-state index in [1.54, 1.807) is 12.1 Å². The van der Waals surface area contributed by atoms with E-state index >= 15 is 0 Å². The van der Waals surface area contributed by atoms with E-state index in [2.05, 4.69) is 5.32 Å². The molecule has 2 aromatic carbocycles. The number of carbonyl (C=O) groups excluding carboxylic acids is 2. The summed E-state index contributed by atoms with van der Waals surface area (Å²) in [4.78, 5) is 35.4. The summed E-state index contributed by atoms with van der Waals surface area (Å²) in [6, 6.07) is 13.9. The van der Waals surface area contributed by atoms with Gasteiger partial charge in [-0.2, -0.15) is 0 Å². The van der Waals surface area contributed by atoms with E-state index in [4.69, 9.17) is 4.74 Å². The van der Waals surface area contributed by atoms with Gasteiger partial charge in [-0.05, 0) is 35.2 Å². The number of hydrogen-bond donors (Lipinski definition) is 1. The molecule has 0 aliphatic rings. The van der Waals surface area contributed by atoms with Gasteiger partial charge in [0.05, 0.1) is 16.5 Å². The molecule has 0 bridgehead atoms. The number of halogens is 1. The van der Waals surface area contributed by atoms with E-state index in [1.807, 2.05) is 17.5 Å². The zero-order chi connectivity index (χ0) is 20.8. The predicted octanol–water partition coefficient (Wildman–Crippen LogP) is 3.86. The lowest BCUT2D eigenvalue weighted by molar-refractivity contribution is -0.384. The Labute approximate surface area is 168 Å². The summed E-state index contributed by atoms with van der Waals surface area (Å²) in [5, 5.41) is 15.4. The van der Waals surface area contributed by atoms with Crippen LogP contribution in [0.15, 0.2) is 66.0 Å². The van der Waals surface area contributed by atoms with Crippen LogP contribution >= 0.6 is 11.3 Å². The molecule has 29 heavy (non-hydrogen) atoms. The third kappa shape index (κ3) is 5.23. The Kier molecular flexibility index (Phi) is 6.30. The summed E-state index contributed by atoms with van der Waals surface area (Å²) < 4.78 is 18.2. The number of carbonyl (C=O) groups is 2. The number of thiophene rings is 1. The van der Waals surface area contributed by atoms with Gasteiger partial charge in [0.1, 0.15) is 5.82 Å². The third-order valence-electron chi connectivity index (χ3n) is 3.96. The first-order valence-electron chi connectivity index (χ1n) is 8.44. The Hall–Kier alpha value is -3.59. The lowest BCUT2D eigenvalue weighted by Gasteiger charge is -2.18. The lowest BCUT2D eigenvalue weighted by atomic mass is 10.1. The van der Waals surface area contributed by atoms with Crippen LogP contribution in [-0.2, 0) is 9.53 Å². The fraction of sp³-hybridized carbons (Fsp3) is 0.100. The highest BCUT2D eigenvalue weighted by atomic mass is 32.1. The quantitative estimate of drug-likeness (QED) is 0.360. The van der Waals surface area contributed by atoms with E-state index in [9.17, 15) is 24.1 Å². The number of nitrogens with one attached hydrogen (secondary N) is 1. The van der Waals surface area contributed by atoms with Crippen molar-refractivity contribution in [3.63, 3.8) is 0 Å². The fourth-order valence-electron chi connectivity index (χ4n) is 2.59. The lowest BCUT2D eigenvalue weighted by Crippen LogP contribution is -2.32. The summed E-state index contributed by atoms with van der Waals surface area (Å²) in [5.74, 6) is -1.80. The van der Waals surface area contributed by atoms with Gasteiger partial charge < -0.3 is 10.1 Å². The van der Waals surface area contributed by atoms with Crippen molar-refractivity contribution in [2.75, 3.05) is 6.61 Å². The van der Waals surface area contributed by atoms with Gasteiger partial charge in [-0.3, -0.25) is 14.9 Å². The Morgan fingerprint density at radius 3 is 2.55 bits per heavy atom. The molecule has 1 N–H and O–H groups in total. The normalized spacial score (nSPS) is 11.5. The van der Waals surface area contributed by atoms with Crippen LogP contribution in [0.4, 0.5) is 10.1 Å². The van der Waals surface area contributed by atoms with Gasteiger partial charge in [-0.25, -0.2) is 9.18 Å². The minimum Gasteiger partial charge on any atom is -0.452 e. The average Bonchev–Trinajstić information content (AvgIpc) is 3.25. The number of rotatable bonds is 7. The molecule has 9 heteroatoms. The van der Waals surface area contributed by atoms with Crippen LogP contribution in [-0.4, -0.2) is 23.4 Å². The van der Waals surface area contributed by atoms with Gasteiger partial charge in [0.2, 0.25) is 0 Å². The maximum Gasteiger partial charge on any atom is 0.338 e. The highest BCUT2D eigenvalue weighted by Gasteiger charge is 2.20. The number of esters is 1. The average molecular weight is 414 g/mol. The zero-order valence-corrected chi connectivity index (χ0v) is 15.7. The molecule has 1 atom stereocenters. The maximum atomic E-state index is 13.2. The van der Waals surface area contributed by atoms with Crippen molar-refractivity contribution < 1.29 is 23.6 Å². The van der Waals surface area contributed by atoms with Crippen LogP contribution in [0.5, 0.6) is 0 Å². The van der Waals surface area contributed by atoms with Gasteiger partial charge in [0, 0.05) is 17.0 Å². The van der Waals surface area contributed by atoms with Crippen molar-refractivity contribution in [1.82, 2.24) is 5.32 Å². The maximum absolute atomic E-state index is 13.2. The molecule has 1 aromatic heterocycles. The van der Waals surface area contributed by atoms with Crippen molar-refractivity contribution in [3.05, 3.63) is 98.0 Å². The second-order valence-electron chi connectivity index (χ2n) is 5.95. The number of nitro groups is 1. The molecule has 3 aromatic rings. The SMILES string of the molecule is O=C(COC(=O)c1cccc([N+](=O)[O-])c1)N[C@H](c1ccc(F)cc1)c1cccs1. The third-order valence-corrected chi connectivity index (χ3v) is 4.90. The van der Waals surface area contributed by atoms with Crippen molar-refractivity contribution in [1.29, 1.82) is 0 Å². The summed E-state index contributed by atoms with van der Waals surface area (Å²) in [5.41, 5.74) is 0.394. The number of ether oxygens (including phenoxy) is 1. The van der Waals surface area contributed by atoms with Crippen molar-refractivity contribution in [2.24, 2.45) is 0 Å². The van der Waals surface area contributed by atoms with E-state index in [1.165, 1.54) is 41.7 Å². The summed E-state index contributed by atoms with van der Waals surface area (Å²) in [6.45, 7) is -0.565. The minimum absolute atomic E-state index is 0.0275. The number of amides is 1. The molecule has 3 rings (SSSR count). The standard InChI is InChI=1S/C20H15FN2O5S/c21-15-8-6-13(7-9-15)19(17-5-2-10-29-17)22-18(24)12-28-20(25)14-3-1-4-16(11-14)23(26)27/h1-11,19H,12H2,(H,22,24)/t19-/m1/s1. The Balaban J connectivity index is 1.66. The molecule has 0 saturated carbocycles. The number of hydrogen-bond acceptors (Lipinski definition) is 6. The summed E-state index contributed by atoms with van der Waals surface area (Å²) in [6.07, 6.45) is 0. The van der Waals surface area contributed by atoms with Crippen LogP contribution in [0.25, 0.3) is 0 Å². The minimum atomic E-state index is -0.849. The topological polar surface area (TPSA) is 98.5 Å². The predicted molar refractivity (Wildman–Crippen MR) is 104 cm³/mol. The molecule has 0 aliphatic heterocycles. The van der Waals surface area contributed by atoms with Crippen LogP contribution in [0.1, 0.15) is 26.8 Å². The molecular weight excluding hydrogens is 399 g/mol. The highest BCUT2D eigenvalue weighted by molar-refractivity contribution is 7.10. The molecule has 1 heterocycles. The molecule has 1 amide bonds. The monoisotopic (exact) mass is 414 g/mol. The number of nitro benzene ring substituents is 1. The van der Waals surface area contributed by atoms with Gasteiger partial charge in [0.15, 0.2) is 6.61 Å². The second-order valence-corrected chi connectivity index (χ2v) is 6.93. The molecule has 148 valence electrons. The molecule has 0 saturated heterocycles. The van der Waals surface area contributed by atoms with Gasteiger partial charge in [-0.1, -0.05) is 24.3 Å². The Morgan fingerprint density at radius 1 is 1.14 bits per heavy atom. The Morgan fingerprint density at radius 2 is 1.90 bits per heavy atom. The number of non-ortho nitro benzene ring substituents is 1. The van der Waals surface area contributed by atoms with E-state index < -0.39 is 35.3 Å². The molecular formula is C20H15FN2O5S. The van der Waals surface area contributed by atoms with Crippen molar-refractivity contribution in [3.8, 4) is 0 Å². The molecule has 0 fully saturated rings. The molecule has 0 aliphatic carbocycles. The molecule has 0 unspecified atom stereocenters. The smallest absolute Gasteiger partial charge is 0.338 e. The number of benzene rings is 2. The van der Waals surface area contributed by atoms with Crippen molar-refractivity contribution >= 4 is 28.9 Å². The van der Waals surface area contributed by atoms with E-state index in [-0.39, 0.29) is 11.3 Å². The largest absolute Gasteiger partial charge is 0.452 e. The first kappa shape index (κ1) is 20.2. The first-order chi connectivity index (χ1) is 13.9. The van der Waals surface area contributed by atoms with Gasteiger partial charge >= 0.3 is 5.97 Å². The van der Waals surface area contributed by atoms with Crippen molar-refractivity contribution in [2.45, 2.75) is 6.04 Å². The molecule has 7 nitrogen and oxygen atoms in total.